The van der Waals surface area contributed by atoms with E-state index in [1.54, 1.807) is 0 Å². The number of carbonyl (C=O) groups excluding carboxylic acids is 1. The molecule has 0 aromatic rings. The van der Waals surface area contributed by atoms with Crippen LogP contribution in [0.3, 0.4) is 0 Å². The molecule has 0 saturated heterocycles. The van der Waals surface area contributed by atoms with Crippen LogP contribution in [0.2, 0.25) is 0 Å². The van der Waals surface area contributed by atoms with Crippen LogP contribution in [0.1, 0.15) is 25.7 Å². The number of carbonyl (C=O) groups is 2. The van der Waals surface area contributed by atoms with Crippen molar-refractivity contribution in [3.8, 4) is 0 Å². The molecule has 0 unspecified atom stereocenters. The first-order valence-electron chi connectivity index (χ1n) is 4.45. The highest BCUT2D eigenvalue weighted by Gasteiger charge is 2.41. The molecule has 0 bridgehead atoms. The van der Waals surface area contributed by atoms with E-state index >= 15 is 0 Å². The minimum Gasteiger partial charge on any atom is -0.480 e. The lowest BCUT2D eigenvalue weighted by atomic mass is 10.1. The van der Waals surface area contributed by atoms with Crippen LogP contribution in [0.4, 0.5) is 0 Å². The molecule has 0 heterocycles. The first kappa shape index (κ1) is 10.9. The van der Waals surface area contributed by atoms with E-state index in [0.717, 1.165) is 0 Å². The summed E-state index contributed by atoms with van der Waals surface area (Å²) in [5.74, 6) is -1.48. The summed E-state index contributed by atoms with van der Waals surface area (Å²) in [5.41, 5.74) is 4.16. The van der Waals surface area contributed by atoms with Crippen LogP contribution in [0.25, 0.3) is 0 Å². The molecule has 1 rings (SSSR count). The van der Waals surface area contributed by atoms with Crippen molar-refractivity contribution in [3.05, 3.63) is 0 Å². The molecular formula is C8H14N2O4. The standard InChI is InChI=1S/C8H14N2O4/c9-5(7(12)13)1-2-6(11)10-8(14)3-4-8/h5,14H,1-4,9H2,(H,10,11)(H,12,13)/t5-/m0/s1. The number of aliphatic carboxylic acids is 1. The number of rotatable bonds is 5. The average molecular weight is 202 g/mol. The molecular weight excluding hydrogens is 188 g/mol. The smallest absolute Gasteiger partial charge is 0.320 e. The van der Waals surface area contributed by atoms with Gasteiger partial charge in [-0.05, 0) is 19.3 Å². The summed E-state index contributed by atoms with van der Waals surface area (Å²) in [4.78, 5) is 21.4. The molecule has 1 fully saturated rings. The summed E-state index contributed by atoms with van der Waals surface area (Å²) in [6, 6.07) is -1.02. The average Bonchev–Trinajstić information content (AvgIpc) is 2.78. The van der Waals surface area contributed by atoms with E-state index in [2.05, 4.69) is 5.32 Å². The van der Waals surface area contributed by atoms with Gasteiger partial charge in [0.15, 0.2) is 0 Å². The van der Waals surface area contributed by atoms with E-state index in [-0.39, 0.29) is 18.7 Å². The Hall–Kier alpha value is -1.14. The third-order valence-corrected chi connectivity index (χ3v) is 2.10. The molecule has 80 valence electrons. The van der Waals surface area contributed by atoms with Gasteiger partial charge in [0.25, 0.3) is 0 Å². The highest BCUT2D eigenvalue weighted by atomic mass is 16.4. The Bertz CT molecular complexity index is 250. The third kappa shape index (κ3) is 3.31. The van der Waals surface area contributed by atoms with Gasteiger partial charge in [-0.25, -0.2) is 0 Å². The first-order chi connectivity index (χ1) is 6.43. The predicted molar refractivity (Wildman–Crippen MR) is 47.2 cm³/mol. The minimum atomic E-state index is -1.12. The molecule has 0 aromatic heterocycles. The lowest BCUT2D eigenvalue weighted by molar-refractivity contribution is -0.138. The molecule has 6 heteroatoms. The first-order valence-corrected chi connectivity index (χ1v) is 4.45. The summed E-state index contributed by atoms with van der Waals surface area (Å²) in [6.45, 7) is 0. The molecule has 1 aliphatic carbocycles. The fourth-order valence-corrected chi connectivity index (χ4v) is 0.975. The van der Waals surface area contributed by atoms with Gasteiger partial charge in [-0.1, -0.05) is 0 Å². The molecule has 1 amide bonds. The quantitative estimate of drug-likeness (QED) is 0.417. The predicted octanol–water partition coefficient (Wildman–Crippen LogP) is -1.22. The largest absolute Gasteiger partial charge is 0.480 e. The SMILES string of the molecule is N[C@@H](CCC(=O)NC1(O)CC1)C(=O)O. The third-order valence-electron chi connectivity index (χ3n) is 2.10. The van der Waals surface area contributed by atoms with Gasteiger partial charge in [0.2, 0.25) is 5.91 Å². The lowest BCUT2D eigenvalue weighted by Gasteiger charge is -2.11. The summed E-state index contributed by atoms with van der Waals surface area (Å²) >= 11 is 0. The van der Waals surface area contributed by atoms with E-state index in [1.807, 2.05) is 0 Å². The molecule has 0 radical (unpaired) electrons. The minimum absolute atomic E-state index is 0.0236. The molecule has 0 aliphatic heterocycles. The number of carboxylic acid groups (broad SMARTS) is 1. The van der Waals surface area contributed by atoms with Crippen molar-refractivity contribution >= 4 is 11.9 Å². The van der Waals surface area contributed by atoms with Gasteiger partial charge in [-0.15, -0.1) is 0 Å². The van der Waals surface area contributed by atoms with Crippen LogP contribution in [0.15, 0.2) is 0 Å². The molecule has 1 atom stereocenters. The van der Waals surface area contributed by atoms with E-state index in [9.17, 15) is 14.7 Å². The van der Waals surface area contributed by atoms with Crippen molar-refractivity contribution in [3.63, 3.8) is 0 Å². The molecule has 6 nitrogen and oxygen atoms in total. The van der Waals surface area contributed by atoms with Crippen LogP contribution < -0.4 is 11.1 Å². The monoisotopic (exact) mass is 202 g/mol. The van der Waals surface area contributed by atoms with Gasteiger partial charge >= 0.3 is 5.97 Å². The topological polar surface area (TPSA) is 113 Å². The van der Waals surface area contributed by atoms with Gasteiger partial charge in [0.1, 0.15) is 11.8 Å². The number of carboxylic acids is 1. The van der Waals surface area contributed by atoms with Crippen molar-refractivity contribution < 1.29 is 19.8 Å². The fourth-order valence-electron chi connectivity index (χ4n) is 0.975. The van der Waals surface area contributed by atoms with Gasteiger partial charge in [0.05, 0.1) is 0 Å². The van der Waals surface area contributed by atoms with E-state index in [1.165, 1.54) is 0 Å². The van der Waals surface area contributed by atoms with Crippen LogP contribution in [0.5, 0.6) is 0 Å². The van der Waals surface area contributed by atoms with Crippen LogP contribution in [-0.2, 0) is 9.59 Å². The maximum atomic E-state index is 11.1. The van der Waals surface area contributed by atoms with E-state index < -0.39 is 17.7 Å². The Morgan fingerprint density at radius 3 is 2.50 bits per heavy atom. The molecule has 1 aliphatic rings. The maximum absolute atomic E-state index is 11.1. The van der Waals surface area contributed by atoms with Crippen molar-refractivity contribution in [1.29, 1.82) is 0 Å². The number of amides is 1. The molecule has 5 N–H and O–H groups in total. The highest BCUT2D eigenvalue weighted by molar-refractivity contribution is 5.79. The Balaban J connectivity index is 2.18. The lowest BCUT2D eigenvalue weighted by Crippen LogP contribution is -2.38. The summed E-state index contributed by atoms with van der Waals surface area (Å²) in [6.07, 6.45) is 1.22. The Labute approximate surface area is 81.1 Å². The number of hydrogen-bond acceptors (Lipinski definition) is 4. The zero-order valence-corrected chi connectivity index (χ0v) is 7.69. The summed E-state index contributed by atoms with van der Waals surface area (Å²) in [5, 5.41) is 20.1. The van der Waals surface area contributed by atoms with Crippen LogP contribution in [0, 0.1) is 0 Å². The van der Waals surface area contributed by atoms with Crippen LogP contribution in [-0.4, -0.2) is 33.9 Å². The van der Waals surface area contributed by atoms with E-state index in [4.69, 9.17) is 10.8 Å². The second kappa shape index (κ2) is 3.93. The second-order valence-corrected chi connectivity index (χ2v) is 3.56. The van der Waals surface area contributed by atoms with Crippen molar-refractivity contribution in [2.45, 2.75) is 37.5 Å². The number of aliphatic hydroxyl groups is 1. The van der Waals surface area contributed by atoms with Crippen molar-refractivity contribution in [2.75, 3.05) is 0 Å². The van der Waals surface area contributed by atoms with Gasteiger partial charge in [-0.3, -0.25) is 9.59 Å². The fraction of sp³-hybridized carbons (Fsp3) is 0.750. The molecule has 14 heavy (non-hydrogen) atoms. The Morgan fingerprint density at radius 1 is 1.50 bits per heavy atom. The molecule has 0 spiro atoms. The number of nitrogens with one attached hydrogen (secondary N) is 1. The normalized spacial score (nSPS) is 19.9. The number of nitrogens with two attached hydrogens (primary N) is 1. The zero-order valence-electron chi connectivity index (χ0n) is 7.69. The van der Waals surface area contributed by atoms with E-state index in [0.29, 0.717) is 12.8 Å². The van der Waals surface area contributed by atoms with Gasteiger partial charge < -0.3 is 21.3 Å². The van der Waals surface area contributed by atoms with Gasteiger partial charge in [0, 0.05) is 6.42 Å². The molecule has 1 saturated carbocycles. The number of hydrogen-bond donors (Lipinski definition) is 4. The zero-order chi connectivity index (χ0) is 10.8. The Kier molecular flexibility index (Phi) is 3.07. The molecule has 0 aromatic carbocycles. The van der Waals surface area contributed by atoms with Crippen molar-refractivity contribution in [2.24, 2.45) is 5.73 Å². The van der Waals surface area contributed by atoms with Crippen molar-refractivity contribution in [1.82, 2.24) is 5.32 Å². The second-order valence-electron chi connectivity index (χ2n) is 3.56. The Morgan fingerprint density at radius 2 is 2.07 bits per heavy atom. The maximum Gasteiger partial charge on any atom is 0.320 e. The summed E-state index contributed by atoms with van der Waals surface area (Å²) in [7, 11) is 0. The van der Waals surface area contributed by atoms with Crippen LogP contribution >= 0.6 is 0 Å². The highest BCUT2D eigenvalue weighted by Crippen LogP contribution is 2.31. The summed E-state index contributed by atoms with van der Waals surface area (Å²) < 4.78 is 0. The van der Waals surface area contributed by atoms with Gasteiger partial charge in [-0.2, -0.15) is 0 Å².